The zero-order valence-corrected chi connectivity index (χ0v) is 20.2. The molecule has 6 rings (SSSR count). The SMILES string of the molecule is CC#CC(O)(C(=O)N[C@H]1C[N+]2(CCCOc3cccc4ccccc34)CCC1CC2)c1ccco1. The molecular formula is C29H33N2O4+. The van der Waals surface area contributed by atoms with Gasteiger partial charge in [-0.3, -0.25) is 4.79 Å². The van der Waals surface area contributed by atoms with Crippen LogP contribution in [-0.2, 0) is 10.4 Å². The molecule has 1 aromatic heterocycles. The predicted octanol–water partition coefficient (Wildman–Crippen LogP) is 3.84. The lowest BCUT2D eigenvalue weighted by atomic mass is 9.81. The summed E-state index contributed by atoms with van der Waals surface area (Å²) < 4.78 is 12.5. The molecule has 2 atom stereocenters. The number of amides is 1. The van der Waals surface area contributed by atoms with Gasteiger partial charge in [0.2, 0.25) is 0 Å². The highest BCUT2D eigenvalue weighted by molar-refractivity contribution is 5.89. The molecule has 3 aromatic rings. The van der Waals surface area contributed by atoms with Gasteiger partial charge in [-0.15, -0.1) is 5.92 Å². The molecule has 2 N–H and O–H groups in total. The first-order valence-corrected chi connectivity index (χ1v) is 12.5. The molecule has 3 fully saturated rings. The molecule has 1 unspecified atom stereocenters. The lowest BCUT2D eigenvalue weighted by Gasteiger charge is -2.53. The van der Waals surface area contributed by atoms with Crippen LogP contribution < -0.4 is 10.1 Å². The maximum Gasteiger partial charge on any atom is 0.273 e. The Morgan fingerprint density at radius 2 is 1.97 bits per heavy atom. The lowest BCUT2D eigenvalue weighted by Crippen LogP contribution is -2.68. The third kappa shape index (κ3) is 4.67. The second-order valence-electron chi connectivity index (χ2n) is 9.85. The number of quaternary nitrogens is 1. The normalized spacial score (nSPS) is 24.9. The maximum absolute atomic E-state index is 13.2. The summed E-state index contributed by atoms with van der Waals surface area (Å²) >= 11 is 0. The first-order chi connectivity index (χ1) is 17.0. The van der Waals surface area contributed by atoms with E-state index in [-0.39, 0.29) is 11.8 Å². The number of carbonyl (C=O) groups is 1. The Balaban J connectivity index is 1.20. The zero-order chi connectivity index (χ0) is 24.3. The van der Waals surface area contributed by atoms with Crippen LogP contribution in [0.2, 0.25) is 0 Å². The number of furan rings is 1. The van der Waals surface area contributed by atoms with Crippen LogP contribution in [0.4, 0.5) is 0 Å². The topological polar surface area (TPSA) is 71.7 Å². The van der Waals surface area contributed by atoms with Crippen molar-refractivity contribution in [3.63, 3.8) is 0 Å². The van der Waals surface area contributed by atoms with Gasteiger partial charge in [0.25, 0.3) is 11.5 Å². The van der Waals surface area contributed by atoms with E-state index in [1.54, 1.807) is 19.1 Å². The summed E-state index contributed by atoms with van der Waals surface area (Å²) in [6, 6.07) is 17.7. The molecule has 3 saturated heterocycles. The highest BCUT2D eigenvalue weighted by Gasteiger charge is 2.48. The Morgan fingerprint density at radius 1 is 1.17 bits per heavy atom. The molecule has 3 aliphatic rings. The van der Waals surface area contributed by atoms with E-state index in [4.69, 9.17) is 9.15 Å². The number of aliphatic hydroxyl groups is 1. The van der Waals surface area contributed by atoms with Gasteiger partial charge in [-0.1, -0.05) is 42.3 Å². The smallest absolute Gasteiger partial charge is 0.273 e. The Labute approximate surface area is 206 Å². The number of nitrogens with zero attached hydrogens (tertiary/aromatic N) is 1. The lowest BCUT2D eigenvalue weighted by molar-refractivity contribution is -0.944. The van der Waals surface area contributed by atoms with Crippen LogP contribution in [0.5, 0.6) is 5.75 Å². The van der Waals surface area contributed by atoms with E-state index in [1.807, 2.05) is 24.3 Å². The summed E-state index contributed by atoms with van der Waals surface area (Å²) in [5.74, 6) is 6.34. The van der Waals surface area contributed by atoms with Gasteiger partial charge in [0.05, 0.1) is 45.1 Å². The Morgan fingerprint density at radius 3 is 2.74 bits per heavy atom. The Hall–Kier alpha value is -3.27. The van der Waals surface area contributed by atoms with Gasteiger partial charge in [0.15, 0.2) is 5.76 Å². The van der Waals surface area contributed by atoms with Crippen LogP contribution in [-0.4, -0.2) is 54.3 Å². The van der Waals surface area contributed by atoms with Crippen molar-refractivity contribution < 1.29 is 23.5 Å². The Bertz CT molecular complexity index is 1230. The van der Waals surface area contributed by atoms with Gasteiger partial charge in [0.1, 0.15) is 5.75 Å². The first-order valence-electron chi connectivity index (χ1n) is 12.5. The van der Waals surface area contributed by atoms with Crippen molar-refractivity contribution in [2.75, 3.05) is 32.8 Å². The number of carbonyl (C=O) groups excluding carboxylic acids is 1. The van der Waals surface area contributed by atoms with Gasteiger partial charge < -0.3 is 24.1 Å². The van der Waals surface area contributed by atoms with Crippen LogP contribution in [0.25, 0.3) is 10.8 Å². The minimum atomic E-state index is -1.97. The largest absolute Gasteiger partial charge is 0.493 e. The molecule has 0 aliphatic carbocycles. The molecule has 3 aliphatic heterocycles. The average Bonchev–Trinajstić information content (AvgIpc) is 3.43. The van der Waals surface area contributed by atoms with Crippen LogP contribution in [0.15, 0.2) is 65.3 Å². The van der Waals surface area contributed by atoms with Crippen molar-refractivity contribution in [3.05, 3.63) is 66.6 Å². The van der Waals surface area contributed by atoms with Gasteiger partial charge in [-0.2, -0.15) is 0 Å². The first kappa shape index (κ1) is 23.5. The number of nitrogens with one attached hydrogen (secondary N) is 1. The average molecular weight is 474 g/mol. The maximum atomic E-state index is 13.2. The molecule has 2 bridgehead atoms. The Kier molecular flexibility index (Phi) is 6.55. The zero-order valence-electron chi connectivity index (χ0n) is 20.2. The van der Waals surface area contributed by atoms with Crippen LogP contribution in [0.1, 0.15) is 31.9 Å². The van der Waals surface area contributed by atoms with E-state index in [0.29, 0.717) is 12.5 Å². The summed E-state index contributed by atoms with van der Waals surface area (Å²) in [5, 5.41) is 16.5. The van der Waals surface area contributed by atoms with Gasteiger partial charge >= 0.3 is 0 Å². The molecule has 0 saturated carbocycles. The van der Waals surface area contributed by atoms with Gasteiger partial charge in [0, 0.05) is 24.6 Å². The van der Waals surface area contributed by atoms with E-state index in [2.05, 4.69) is 35.4 Å². The fourth-order valence-electron chi connectivity index (χ4n) is 5.84. The summed E-state index contributed by atoms with van der Waals surface area (Å²) in [5.41, 5.74) is -1.97. The summed E-state index contributed by atoms with van der Waals surface area (Å²) in [6.07, 6.45) is 4.55. The second kappa shape index (κ2) is 9.77. The summed E-state index contributed by atoms with van der Waals surface area (Å²) in [4.78, 5) is 13.2. The van der Waals surface area contributed by atoms with Gasteiger partial charge in [-0.25, -0.2) is 0 Å². The number of piperidine rings is 3. The second-order valence-corrected chi connectivity index (χ2v) is 9.85. The van der Waals surface area contributed by atoms with Crippen LogP contribution in [0.3, 0.4) is 0 Å². The quantitative estimate of drug-likeness (QED) is 0.296. The number of rotatable bonds is 8. The van der Waals surface area contributed by atoms with Crippen molar-refractivity contribution in [1.82, 2.24) is 5.32 Å². The fraction of sp³-hybridized carbons (Fsp3) is 0.414. The van der Waals surface area contributed by atoms with Crippen molar-refractivity contribution in [2.24, 2.45) is 5.92 Å². The van der Waals surface area contributed by atoms with Crippen LogP contribution in [0, 0.1) is 17.8 Å². The fourth-order valence-corrected chi connectivity index (χ4v) is 5.84. The third-order valence-electron chi connectivity index (χ3n) is 7.71. The molecule has 6 nitrogen and oxygen atoms in total. The van der Waals surface area contributed by atoms with E-state index < -0.39 is 11.5 Å². The minimum Gasteiger partial charge on any atom is -0.493 e. The summed E-state index contributed by atoms with van der Waals surface area (Å²) in [7, 11) is 0. The van der Waals surface area contributed by atoms with E-state index in [1.165, 1.54) is 11.6 Å². The van der Waals surface area contributed by atoms with E-state index in [0.717, 1.165) is 61.1 Å². The third-order valence-corrected chi connectivity index (χ3v) is 7.71. The highest BCUT2D eigenvalue weighted by atomic mass is 16.5. The number of benzene rings is 2. The molecule has 6 heteroatoms. The van der Waals surface area contributed by atoms with Crippen molar-refractivity contribution >= 4 is 16.7 Å². The van der Waals surface area contributed by atoms with Crippen molar-refractivity contribution in [2.45, 2.75) is 37.8 Å². The number of ether oxygens (including phenoxy) is 1. The van der Waals surface area contributed by atoms with E-state index >= 15 is 0 Å². The summed E-state index contributed by atoms with van der Waals surface area (Å²) in [6.45, 7) is 6.42. The van der Waals surface area contributed by atoms with E-state index in [9.17, 15) is 9.90 Å². The molecule has 0 radical (unpaired) electrons. The molecule has 1 amide bonds. The number of fused-ring (bicyclic) bond motifs is 4. The molecule has 4 heterocycles. The standard InChI is InChI=1S/C29H32N2O4/c1-2-15-29(33,27-12-6-19-35-27)28(32)30-25-21-31(17-13-23(25)14-18-31)16-7-20-34-26-11-5-9-22-8-3-4-10-24(22)26/h3-6,8-12,19,23,25,33H,7,13-14,16-18,20-21H2,1H3/p+1/t23?,25-,29?,31?/m0/s1. The highest BCUT2D eigenvalue weighted by Crippen LogP contribution is 2.35. The monoisotopic (exact) mass is 473 g/mol. The molecule has 0 spiro atoms. The van der Waals surface area contributed by atoms with Gasteiger partial charge in [-0.05, 0) is 36.4 Å². The number of hydrogen-bond donors (Lipinski definition) is 2. The molecular weight excluding hydrogens is 440 g/mol. The van der Waals surface area contributed by atoms with Crippen molar-refractivity contribution in [3.8, 4) is 17.6 Å². The van der Waals surface area contributed by atoms with Crippen LogP contribution >= 0.6 is 0 Å². The molecule has 182 valence electrons. The number of hydrogen-bond acceptors (Lipinski definition) is 4. The van der Waals surface area contributed by atoms with Crippen molar-refractivity contribution in [1.29, 1.82) is 0 Å². The molecule has 2 aromatic carbocycles. The predicted molar refractivity (Wildman–Crippen MR) is 134 cm³/mol. The molecule has 35 heavy (non-hydrogen) atoms. The minimum absolute atomic E-state index is 0.0177.